The van der Waals surface area contributed by atoms with Gasteiger partial charge in [-0.2, -0.15) is 9.90 Å². The predicted molar refractivity (Wildman–Crippen MR) is 55.7 cm³/mol. The van der Waals surface area contributed by atoms with E-state index in [-0.39, 0.29) is 33.5 Å². The highest BCUT2D eigenvalue weighted by Gasteiger charge is 2.07. The fraction of sp³-hybridized carbons (Fsp3) is 0. The Labute approximate surface area is 88.4 Å². The van der Waals surface area contributed by atoms with Gasteiger partial charge in [-0.05, 0) is 0 Å². The molecular formula is C8H9N2O4P. The summed E-state index contributed by atoms with van der Waals surface area (Å²) in [6.07, 6.45) is 4.79. The zero-order valence-electron chi connectivity index (χ0n) is 7.65. The lowest BCUT2D eigenvalue weighted by molar-refractivity contribution is -0.125. The van der Waals surface area contributed by atoms with Crippen LogP contribution in [0.5, 0.6) is 0 Å². The molecule has 0 radical (unpaired) electrons. The third kappa shape index (κ3) is 4.83. The second kappa shape index (κ2) is 5.82. The summed E-state index contributed by atoms with van der Waals surface area (Å²) >= 11 is 0. The Morgan fingerprint density at radius 1 is 0.600 bits per heavy atom. The molecule has 2 N–H and O–H groups in total. The average molecular weight is 228 g/mol. The van der Waals surface area contributed by atoms with E-state index in [1.54, 1.807) is 0 Å². The fourth-order valence-electron chi connectivity index (χ4n) is 0.712. The van der Waals surface area contributed by atoms with Gasteiger partial charge in [-0.1, -0.05) is 0 Å². The van der Waals surface area contributed by atoms with Crippen molar-refractivity contribution in [3.8, 4) is 0 Å². The van der Waals surface area contributed by atoms with Crippen molar-refractivity contribution < 1.29 is 19.2 Å². The Morgan fingerprint density at radius 2 is 0.800 bits per heavy atom. The highest BCUT2D eigenvalue weighted by atomic mass is 31.0. The molecule has 0 saturated heterocycles. The van der Waals surface area contributed by atoms with Crippen LogP contribution in [-0.4, -0.2) is 23.6 Å². The van der Waals surface area contributed by atoms with E-state index in [1.807, 2.05) is 10.6 Å². The van der Waals surface area contributed by atoms with Crippen LogP contribution in [0.25, 0.3) is 0 Å². The van der Waals surface area contributed by atoms with Crippen molar-refractivity contribution in [1.82, 2.24) is 10.6 Å². The van der Waals surface area contributed by atoms with Gasteiger partial charge in [0, 0.05) is 24.3 Å². The molecule has 2 heterocycles. The molecule has 15 heavy (non-hydrogen) atoms. The molecule has 4 amide bonds. The van der Waals surface area contributed by atoms with Crippen molar-refractivity contribution in [2.75, 3.05) is 0 Å². The lowest BCUT2D eigenvalue weighted by atomic mass is 10.6. The van der Waals surface area contributed by atoms with Gasteiger partial charge in [0.15, 0.2) is 0 Å². The number of amides is 4. The first-order valence-electron chi connectivity index (χ1n) is 3.64. The second-order valence-electron chi connectivity index (χ2n) is 2.37. The SMILES string of the molecule is O=C1C=CC(=O)N1.O=C1C=CC(=O)N1.P. The second-order valence-corrected chi connectivity index (χ2v) is 2.37. The molecule has 0 fully saturated rings. The molecule has 1 unspecified atom stereocenters. The molecule has 7 heteroatoms. The average Bonchev–Trinajstić information content (AvgIpc) is 2.63. The maximum Gasteiger partial charge on any atom is 0.250 e. The molecule has 0 saturated carbocycles. The van der Waals surface area contributed by atoms with E-state index in [0.29, 0.717) is 0 Å². The highest BCUT2D eigenvalue weighted by molar-refractivity contribution is 6.92. The lowest BCUT2D eigenvalue weighted by Gasteiger charge is -1.80. The van der Waals surface area contributed by atoms with Crippen LogP contribution in [0.2, 0.25) is 0 Å². The summed E-state index contributed by atoms with van der Waals surface area (Å²) in [6.45, 7) is 0. The van der Waals surface area contributed by atoms with Crippen LogP contribution in [0.15, 0.2) is 24.3 Å². The van der Waals surface area contributed by atoms with Gasteiger partial charge < -0.3 is 0 Å². The number of rotatable bonds is 0. The largest absolute Gasteiger partial charge is 0.289 e. The summed E-state index contributed by atoms with van der Waals surface area (Å²) in [5.74, 6) is -1.31. The van der Waals surface area contributed by atoms with E-state index >= 15 is 0 Å². The first-order valence-corrected chi connectivity index (χ1v) is 3.64. The van der Waals surface area contributed by atoms with Crippen molar-refractivity contribution in [2.45, 2.75) is 0 Å². The van der Waals surface area contributed by atoms with Gasteiger partial charge in [-0.25, -0.2) is 0 Å². The summed E-state index contributed by atoms with van der Waals surface area (Å²) in [6, 6.07) is 0. The Kier molecular flexibility index (Phi) is 5.12. The van der Waals surface area contributed by atoms with Crippen LogP contribution in [0, 0.1) is 0 Å². The van der Waals surface area contributed by atoms with Crippen molar-refractivity contribution in [3.05, 3.63) is 24.3 Å². The minimum atomic E-state index is -0.329. The molecular weight excluding hydrogens is 219 g/mol. The molecule has 6 nitrogen and oxygen atoms in total. The molecule has 2 aliphatic heterocycles. The van der Waals surface area contributed by atoms with Crippen molar-refractivity contribution >= 4 is 33.5 Å². The minimum absolute atomic E-state index is 0. The first kappa shape index (κ1) is 13.2. The topological polar surface area (TPSA) is 92.3 Å². The standard InChI is InChI=1S/2C4H3NO2.H3P/c2*6-3-1-2-4(7)5-3;/h2*1-2H,(H,5,6,7);1H3. The van der Waals surface area contributed by atoms with Crippen LogP contribution < -0.4 is 10.6 Å². The maximum atomic E-state index is 10.0. The number of hydrogen-bond donors (Lipinski definition) is 2. The van der Waals surface area contributed by atoms with Gasteiger partial charge in [0.1, 0.15) is 0 Å². The summed E-state index contributed by atoms with van der Waals surface area (Å²) in [7, 11) is 0. The molecule has 0 bridgehead atoms. The Hall–Kier alpha value is -1.81. The minimum Gasteiger partial charge on any atom is -0.289 e. The number of carbonyl (C=O) groups excluding carboxylic acids is 4. The van der Waals surface area contributed by atoms with Crippen LogP contribution in [0.3, 0.4) is 0 Å². The van der Waals surface area contributed by atoms with E-state index in [1.165, 1.54) is 24.3 Å². The number of imide groups is 2. The molecule has 2 aliphatic rings. The third-order valence-corrected chi connectivity index (χ3v) is 1.26. The first-order chi connectivity index (χ1) is 6.58. The monoisotopic (exact) mass is 228 g/mol. The van der Waals surface area contributed by atoms with E-state index in [0.717, 1.165) is 0 Å². The van der Waals surface area contributed by atoms with Gasteiger partial charge in [0.05, 0.1) is 0 Å². The Morgan fingerprint density at radius 3 is 0.867 bits per heavy atom. The van der Waals surface area contributed by atoms with Crippen molar-refractivity contribution in [1.29, 1.82) is 0 Å². The zero-order valence-corrected chi connectivity index (χ0v) is 9.06. The normalized spacial score (nSPS) is 16.5. The smallest absolute Gasteiger partial charge is 0.250 e. The summed E-state index contributed by atoms with van der Waals surface area (Å²) < 4.78 is 0. The molecule has 80 valence electrons. The maximum absolute atomic E-state index is 10.0. The van der Waals surface area contributed by atoms with E-state index in [4.69, 9.17) is 0 Å². The quantitative estimate of drug-likeness (QED) is 0.388. The molecule has 0 aromatic heterocycles. The highest BCUT2D eigenvalue weighted by Crippen LogP contribution is 1.83. The Balaban J connectivity index is 0.000000245. The van der Waals surface area contributed by atoms with E-state index < -0.39 is 0 Å². The van der Waals surface area contributed by atoms with Crippen LogP contribution in [0.1, 0.15) is 0 Å². The predicted octanol–water partition coefficient (Wildman–Crippen LogP) is -1.54. The lowest BCUT2D eigenvalue weighted by Crippen LogP contribution is -2.19. The molecule has 0 aromatic rings. The molecule has 0 aliphatic carbocycles. The summed E-state index contributed by atoms with van der Waals surface area (Å²) in [5.41, 5.74) is 0. The van der Waals surface area contributed by atoms with E-state index in [2.05, 4.69) is 0 Å². The number of nitrogens with one attached hydrogen (secondary N) is 2. The van der Waals surface area contributed by atoms with Gasteiger partial charge in [-0.3, -0.25) is 29.8 Å². The number of hydrogen-bond acceptors (Lipinski definition) is 4. The van der Waals surface area contributed by atoms with Gasteiger partial charge in [0.25, 0.3) is 23.6 Å². The van der Waals surface area contributed by atoms with Crippen molar-refractivity contribution in [2.24, 2.45) is 0 Å². The van der Waals surface area contributed by atoms with Crippen molar-refractivity contribution in [3.63, 3.8) is 0 Å². The molecule has 0 spiro atoms. The molecule has 1 atom stereocenters. The van der Waals surface area contributed by atoms with E-state index in [9.17, 15) is 19.2 Å². The van der Waals surface area contributed by atoms with Gasteiger partial charge in [-0.15, -0.1) is 0 Å². The zero-order chi connectivity index (χ0) is 10.6. The third-order valence-electron chi connectivity index (χ3n) is 1.26. The van der Waals surface area contributed by atoms with Crippen LogP contribution in [-0.2, 0) is 19.2 Å². The van der Waals surface area contributed by atoms with Gasteiger partial charge in [0.2, 0.25) is 0 Å². The Bertz CT molecular complexity index is 305. The number of carbonyl (C=O) groups is 4. The summed E-state index contributed by atoms with van der Waals surface area (Å²) in [4.78, 5) is 40.1. The fourth-order valence-corrected chi connectivity index (χ4v) is 0.712. The molecule has 0 aromatic carbocycles. The van der Waals surface area contributed by atoms with Gasteiger partial charge >= 0.3 is 0 Å². The van der Waals surface area contributed by atoms with Crippen LogP contribution in [0.4, 0.5) is 0 Å². The summed E-state index contributed by atoms with van der Waals surface area (Å²) in [5, 5.41) is 4.06. The van der Waals surface area contributed by atoms with Crippen LogP contribution >= 0.6 is 9.90 Å². The molecule has 2 rings (SSSR count).